The lowest BCUT2D eigenvalue weighted by Gasteiger charge is -2.06. The second-order valence-electron chi connectivity index (χ2n) is 3.87. The van der Waals surface area contributed by atoms with Gasteiger partial charge in [0.05, 0.1) is 16.9 Å². The number of halogens is 5. The molecule has 1 aromatic heterocycles. The third-order valence-electron chi connectivity index (χ3n) is 2.40. The van der Waals surface area contributed by atoms with Gasteiger partial charge in [-0.1, -0.05) is 17.7 Å². The van der Waals surface area contributed by atoms with Gasteiger partial charge in [0.15, 0.2) is 5.82 Å². The van der Waals surface area contributed by atoms with E-state index < -0.39 is 18.5 Å². The molecule has 2 rings (SSSR count). The zero-order valence-corrected chi connectivity index (χ0v) is 10.1. The number of nitrogen functional groups attached to an aromatic ring is 1. The molecule has 0 radical (unpaired) electrons. The van der Waals surface area contributed by atoms with Crippen LogP contribution >= 0.6 is 11.6 Å². The smallest absolute Gasteiger partial charge is 0.396 e. The number of hydrogen-bond donors (Lipinski definition) is 1. The monoisotopic (exact) mass is 293 g/mol. The molecule has 0 unspecified atom stereocenters. The van der Waals surface area contributed by atoms with Gasteiger partial charge in [0.2, 0.25) is 0 Å². The van der Waals surface area contributed by atoms with Gasteiger partial charge in [0.25, 0.3) is 0 Å². The van der Waals surface area contributed by atoms with Crippen LogP contribution in [-0.2, 0) is 6.54 Å². The van der Waals surface area contributed by atoms with E-state index >= 15 is 0 Å². The van der Waals surface area contributed by atoms with E-state index in [9.17, 15) is 17.6 Å². The number of rotatable bonds is 2. The minimum atomic E-state index is -4.38. The summed E-state index contributed by atoms with van der Waals surface area (Å²) in [7, 11) is 0. The highest BCUT2D eigenvalue weighted by molar-refractivity contribution is 6.33. The topological polar surface area (TPSA) is 43.8 Å². The molecule has 0 aliphatic carbocycles. The molecule has 0 bridgehead atoms. The molecule has 2 N–H and O–H groups in total. The Morgan fingerprint density at radius 1 is 1.32 bits per heavy atom. The number of alkyl halides is 3. The van der Waals surface area contributed by atoms with Gasteiger partial charge < -0.3 is 5.73 Å². The lowest BCUT2D eigenvalue weighted by atomic mass is 10.1. The van der Waals surface area contributed by atoms with Crippen molar-refractivity contribution in [1.29, 1.82) is 0 Å². The summed E-state index contributed by atoms with van der Waals surface area (Å²) in [5, 5.41) is 3.31. The Morgan fingerprint density at radius 3 is 2.63 bits per heavy atom. The predicted octanol–water partition coefficient (Wildman–Crippen LogP) is 3.49. The number of benzene rings is 1. The highest BCUT2D eigenvalue weighted by atomic mass is 35.5. The molecule has 0 spiro atoms. The fourth-order valence-corrected chi connectivity index (χ4v) is 1.84. The van der Waals surface area contributed by atoms with Crippen LogP contribution in [-0.4, -0.2) is 16.0 Å². The van der Waals surface area contributed by atoms with E-state index in [1.165, 1.54) is 18.3 Å². The van der Waals surface area contributed by atoms with Crippen molar-refractivity contribution in [3.63, 3.8) is 0 Å². The van der Waals surface area contributed by atoms with Crippen LogP contribution in [0.15, 0.2) is 24.5 Å². The number of aromatic nitrogens is 2. The van der Waals surface area contributed by atoms with E-state index in [1.807, 2.05) is 0 Å². The molecule has 0 aliphatic heterocycles. The van der Waals surface area contributed by atoms with Gasteiger partial charge in [-0.3, -0.25) is 4.68 Å². The van der Waals surface area contributed by atoms with Crippen molar-refractivity contribution < 1.29 is 17.6 Å². The Kier molecular flexibility index (Phi) is 3.40. The number of nitrogens with zero attached hydrogens (tertiary/aromatic N) is 2. The summed E-state index contributed by atoms with van der Waals surface area (Å²) in [6.45, 7) is -1.22. The van der Waals surface area contributed by atoms with Crippen molar-refractivity contribution in [1.82, 2.24) is 9.78 Å². The molecule has 0 aliphatic rings. The molecular weight excluding hydrogens is 286 g/mol. The fourth-order valence-electron chi connectivity index (χ4n) is 1.56. The van der Waals surface area contributed by atoms with E-state index in [0.29, 0.717) is 4.68 Å². The van der Waals surface area contributed by atoms with Crippen molar-refractivity contribution in [3.8, 4) is 11.1 Å². The molecule has 2 aromatic rings. The maximum Gasteiger partial charge on any atom is 0.408 e. The van der Waals surface area contributed by atoms with Crippen LogP contribution in [0.3, 0.4) is 0 Å². The summed E-state index contributed by atoms with van der Waals surface area (Å²) in [6, 6.07) is 2.72. The first-order valence-corrected chi connectivity index (χ1v) is 5.49. The third-order valence-corrected chi connectivity index (χ3v) is 2.77. The first-order valence-electron chi connectivity index (χ1n) is 5.11. The molecular formula is C11H8ClF4N3. The van der Waals surface area contributed by atoms with Crippen LogP contribution in [0, 0.1) is 5.82 Å². The Balaban J connectivity index is 2.36. The zero-order chi connectivity index (χ0) is 14.2. The fraction of sp³-hybridized carbons (Fsp3) is 0.182. The quantitative estimate of drug-likeness (QED) is 0.680. The number of anilines is 1. The Morgan fingerprint density at radius 2 is 2.00 bits per heavy atom. The van der Waals surface area contributed by atoms with Crippen molar-refractivity contribution in [2.45, 2.75) is 12.7 Å². The molecule has 8 heteroatoms. The van der Waals surface area contributed by atoms with Gasteiger partial charge in [0.1, 0.15) is 6.54 Å². The summed E-state index contributed by atoms with van der Waals surface area (Å²) < 4.78 is 50.8. The number of hydrogen-bond acceptors (Lipinski definition) is 2. The van der Waals surface area contributed by atoms with Gasteiger partial charge in [-0.2, -0.15) is 18.3 Å². The second kappa shape index (κ2) is 4.73. The van der Waals surface area contributed by atoms with Crippen LogP contribution < -0.4 is 5.73 Å². The van der Waals surface area contributed by atoms with Crippen molar-refractivity contribution >= 4 is 17.3 Å². The van der Waals surface area contributed by atoms with E-state index in [2.05, 4.69) is 5.10 Å². The molecule has 0 atom stereocenters. The summed E-state index contributed by atoms with van der Waals surface area (Å²) >= 11 is 5.76. The molecule has 3 nitrogen and oxygen atoms in total. The average molecular weight is 294 g/mol. The standard InChI is InChI=1S/C11H8ClF4N3/c12-9-7(1-2-8(17)10(9)13)6-3-18-19(4-6)5-11(14,15)16/h1-4H,5,17H2. The van der Waals surface area contributed by atoms with Crippen LogP contribution in [0.2, 0.25) is 5.02 Å². The van der Waals surface area contributed by atoms with Crippen molar-refractivity contribution in [2.75, 3.05) is 5.73 Å². The highest BCUT2D eigenvalue weighted by Gasteiger charge is 2.28. The van der Waals surface area contributed by atoms with E-state index in [-0.39, 0.29) is 21.8 Å². The lowest BCUT2D eigenvalue weighted by Crippen LogP contribution is -2.17. The molecule has 1 heterocycles. The van der Waals surface area contributed by atoms with E-state index in [0.717, 1.165) is 6.20 Å². The summed E-state index contributed by atoms with van der Waals surface area (Å²) in [5.41, 5.74) is 5.72. The molecule has 19 heavy (non-hydrogen) atoms. The van der Waals surface area contributed by atoms with E-state index in [1.54, 1.807) is 0 Å². The van der Waals surface area contributed by atoms with Gasteiger partial charge in [0, 0.05) is 17.3 Å². The summed E-state index contributed by atoms with van der Waals surface area (Å²) in [5.74, 6) is -0.803. The minimum Gasteiger partial charge on any atom is -0.396 e. The Hall–Kier alpha value is -1.76. The predicted molar refractivity (Wildman–Crippen MR) is 63.1 cm³/mol. The average Bonchev–Trinajstić information content (AvgIpc) is 2.72. The third kappa shape index (κ3) is 2.98. The van der Waals surface area contributed by atoms with E-state index in [4.69, 9.17) is 17.3 Å². The van der Waals surface area contributed by atoms with Gasteiger partial charge in [-0.25, -0.2) is 4.39 Å². The second-order valence-corrected chi connectivity index (χ2v) is 4.25. The summed E-state index contributed by atoms with van der Waals surface area (Å²) in [6.07, 6.45) is -2.05. The largest absolute Gasteiger partial charge is 0.408 e. The van der Waals surface area contributed by atoms with Crippen molar-refractivity contribution in [2.24, 2.45) is 0 Å². The van der Waals surface area contributed by atoms with Crippen LogP contribution in [0.25, 0.3) is 11.1 Å². The molecule has 0 amide bonds. The first kappa shape index (κ1) is 13.7. The highest BCUT2D eigenvalue weighted by Crippen LogP contribution is 2.32. The molecule has 0 fully saturated rings. The van der Waals surface area contributed by atoms with Gasteiger partial charge in [-0.15, -0.1) is 0 Å². The molecule has 1 aromatic carbocycles. The van der Waals surface area contributed by atoms with Gasteiger partial charge >= 0.3 is 6.18 Å². The number of nitrogens with two attached hydrogens (primary N) is 1. The van der Waals surface area contributed by atoms with Crippen LogP contribution in [0.4, 0.5) is 23.2 Å². The zero-order valence-electron chi connectivity index (χ0n) is 9.38. The molecule has 102 valence electrons. The molecule has 0 saturated heterocycles. The SMILES string of the molecule is Nc1ccc(-c2cnn(CC(F)(F)F)c2)c(Cl)c1F. The minimum absolute atomic E-state index is 0.128. The maximum atomic E-state index is 13.5. The Labute approximate surface area is 110 Å². The molecule has 0 saturated carbocycles. The van der Waals surface area contributed by atoms with Gasteiger partial charge in [-0.05, 0) is 6.07 Å². The van der Waals surface area contributed by atoms with Crippen LogP contribution in [0.1, 0.15) is 0 Å². The Bertz CT molecular complexity index is 606. The van der Waals surface area contributed by atoms with Crippen molar-refractivity contribution in [3.05, 3.63) is 35.4 Å². The summed E-state index contributed by atoms with van der Waals surface area (Å²) in [4.78, 5) is 0. The van der Waals surface area contributed by atoms with Crippen LogP contribution in [0.5, 0.6) is 0 Å². The maximum absolute atomic E-state index is 13.5. The normalized spacial score (nSPS) is 11.8. The lowest BCUT2D eigenvalue weighted by molar-refractivity contribution is -0.142. The first-order chi connectivity index (χ1) is 8.78.